The highest BCUT2D eigenvalue weighted by molar-refractivity contribution is 6.04. The lowest BCUT2D eigenvalue weighted by atomic mass is 9.59. The Morgan fingerprint density at radius 3 is 2.44 bits per heavy atom. The van der Waals surface area contributed by atoms with Crippen LogP contribution in [0.2, 0.25) is 0 Å². The molecule has 0 bridgehead atoms. The van der Waals surface area contributed by atoms with Crippen molar-refractivity contribution in [2.75, 3.05) is 6.61 Å². The predicted molar refractivity (Wildman–Crippen MR) is 116 cm³/mol. The van der Waals surface area contributed by atoms with Crippen molar-refractivity contribution in [2.24, 2.45) is 35.0 Å². The van der Waals surface area contributed by atoms with Gasteiger partial charge < -0.3 is 25.2 Å². The SMILES string of the molecule is CCC(C)C(=O)O[C@@H]1[C@@H](C)[C@@]2(O)[C@@H](C=C(CO)C[C@]3(O)C(=O)C(C)=C[C@@H]23)[C@H]2C(C)(C)[C@]12O. The molecule has 0 aromatic carbocycles. The highest BCUT2D eigenvalue weighted by Gasteiger charge is 2.85. The summed E-state index contributed by atoms with van der Waals surface area (Å²) in [6.45, 7) is 10.4. The van der Waals surface area contributed by atoms with Crippen LogP contribution in [0.5, 0.6) is 0 Å². The molecule has 2 saturated carbocycles. The Hall–Kier alpha value is -1.54. The minimum absolute atomic E-state index is 0.0880. The Labute approximate surface area is 189 Å². The van der Waals surface area contributed by atoms with Gasteiger partial charge in [0.25, 0.3) is 0 Å². The first-order chi connectivity index (χ1) is 14.7. The Balaban J connectivity index is 1.89. The minimum atomic E-state index is -1.89. The first-order valence-corrected chi connectivity index (χ1v) is 11.6. The summed E-state index contributed by atoms with van der Waals surface area (Å²) < 4.78 is 5.89. The number of hydrogen-bond donors (Lipinski definition) is 4. The van der Waals surface area contributed by atoms with E-state index in [4.69, 9.17) is 4.74 Å². The van der Waals surface area contributed by atoms with Gasteiger partial charge in [-0.3, -0.25) is 9.59 Å². The molecule has 32 heavy (non-hydrogen) atoms. The number of carbonyl (C=O) groups excluding carboxylic acids is 2. The van der Waals surface area contributed by atoms with E-state index in [1.165, 1.54) is 0 Å². The average molecular weight is 449 g/mol. The number of Topliss-reactive ketones (excluding diaryl/α,β-unsaturated/α-hetero) is 1. The van der Waals surface area contributed by atoms with E-state index in [1.54, 1.807) is 32.9 Å². The van der Waals surface area contributed by atoms with Gasteiger partial charge in [-0.1, -0.05) is 46.8 Å². The van der Waals surface area contributed by atoms with Crippen molar-refractivity contribution in [2.45, 2.75) is 77.3 Å². The third-order valence-electron chi connectivity index (χ3n) is 9.26. The number of esters is 1. The molecule has 9 atom stereocenters. The highest BCUT2D eigenvalue weighted by atomic mass is 16.6. The lowest BCUT2D eigenvalue weighted by Gasteiger charge is -2.52. The summed E-state index contributed by atoms with van der Waals surface area (Å²) in [7, 11) is 0. The van der Waals surface area contributed by atoms with E-state index < -0.39 is 63.7 Å². The molecular weight excluding hydrogens is 412 g/mol. The monoisotopic (exact) mass is 448 g/mol. The zero-order chi connectivity index (χ0) is 24.0. The molecule has 0 heterocycles. The van der Waals surface area contributed by atoms with E-state index >= 15 is 0 Å². The molecule has 178 valence electrons. The van der Waals surface area contributed by atoms with Crippen LogP contribution < -0.4 is 0 Å². The van der Waals surface area contributed by atoms with Gasteiger partial charge in [0.05, 0.1) is 18.1 Å². The van der Waals surface area contributed by atoms with Crippen molar-refractivity contribution in [1.29, 1.82) is 0 Å². The highest BCUT2D eigenvalue weighted by Crippen LogP contribution is 2.75. The van der Waals surface area contributed by atoms with Crippen molar-refractivity contribution < 1.29 is 34.8 Å². The van der Waals surface area contributed by atoms with Crippen LogP contribution in [0.15, 0.2) is 23.3 Å². The zero-order valence-corrected chi connectivity index (χ0v) is 19.8. The van der Waals surface area contributed by atoms with Gasteiger partial charge in [-0.05, 0) is 24.5 Å². The van der Waals surface area contributed by atoms with Gasteiger partial charge >= 0.3 is 5.97 Å². The molecule has 0 aromatic heterocycles. The van der Waals surface area contributed by atoms with E-state index in [0.29, 0.717) is 17.6 Å². The second-order valence-electron chi connectivity index (χ2n) is 11.1. The maximum atomic E-state index is 13.0. The molecule has 0 aromatic rings. The molecule has 0 amide bonds. The molecule has 0 spiro atoms. The number of aliphatic hydroxyl groups is 4. The van der Waals surface area contributed by atoms with Crippen LogP contribution in [0.4, 0.5) is 0 Å². The van der Waals surface area contributed by atoms with E-state index in [2.05, 4.69) is 0 Å². The third-order valence-corrected chi connectivity index (χ3v) is 9.26. The van der Waals surface area contributed by atoms with E-state index in [-0.39, 0.29) is 18.9 Å². The lowest BCUT2D eigenvalue weighted by molar-refractivity contribution is -0.222. The number of ketones is 1. The number of ether oxygens (including phenoxy) is 1. The average Bonchev–Trinajstić information content (AvgIpc) is 3.13. The topological polar surface area (TPSA) is 124 Å². The number of fused-ring (bicyclic) bond motifs is 5. The fraction of sp³-hybridized carbons (Fsp3) is 0.760. The van der Waals surface area contributed by atoms with Gasteiger partial charge in [0, 0.05) is 35.5 Å². The number of carbonyl (C=O) groups is 2. The van der Waals surface area contributed by atoms with Gasteiger partial charge in [-0.2, -0.15) is 0 Å². The Morgan fingerprint density at radius 2 is 1.88 bits per heavy atom. The minimum Gasteiger partial charge on any atom is -0.459 e. The molecule has 2 fully saturated rings. The smallest absolute Gasteiger partial charge is 0.309 e. The van der Waals surface area contributed by atoms with Crippen molar-refractivity contribution in [1.82, 2.24) is 0 Å². The van der Waals surface area contributed by atoms with Crippen molar-refractivity contribution in [3.63, 3.8) is 0 Å². The van der Waals surface area contributed by atoms with Crippen LogP contribution in [0.1, 0.15) is 54.4 Å². The second kappa shape index (κ2) is 6.98. The summed E-state index contributed by atoms with van der Waals surface area (Å²) in [6, 6.07) is 0. The standard InChI is InChI=1S/C25H36O7/c1-7-12(2)21(28)32-20-14(4)24(30)16(18-22(5,6)25(18,20)31)9-15(11-26)10-23(29)17(24)8-13(3)19(23)27/h8-9,12,14,16-18,20,26,29-31H,7,10-11H2,1-6H3/t12?,14-,16+,17-,18+,20-,23-,24-,25-/m1/s1. The summed E-state index contributed by atoms with van der Waals surface area (Å²) in [4.78, 5) is 25.8. The van der Waals surface area contributed by atoms with Crippen LogP contribution in [-0.2, 0) is 14.3 Å². The largest absolute Gasteiger partial charge is 0.459 e. The van der Waals surface area contributed by atoms with Crippen molar-refractivity contribution in [3.05, 3.63) is 23.3 Å². The van der Waals surface area contributed by atoms with Gasteiger partial charge in [0.15, 0.2) is 5.78 Å². The molecule has 0 radical (unpaired) electrons. The Kier molecular flexibility index (Phi) is 5.15. The maximum absolute atomic E-state index is 13.0. The van der Waals surface area contributed by atoms with Crippen LogP contribution in [-0.4, -0.2) is 61.7 Å². The fourth-order valence-electron chi connectivity index (χ4n) is 7.01. The molecule has 4 rings (SSSR count). The Bertz CT molecular complexity index is 919. The predicted octanol–water partition coefficient (Wildman–Crippen LogP) is 1.53. The van der Waals surface area contributed by atoms with Crippen molar-refractivity contribution >= 4 is 11.8 Å². The molecule has 7 heteroatoms. The van der Waals surface area contributed by atoms with Crippen LogP contribution in [0.25, 0.3) is 0 Å². The molecule has 4 aliphatic carbocycles. The molecule has 7 nitrogen and oxygen atoms in total. The first-order valence-electron chi connectivity index (χ1n) is 11.6. The van der Waals surface area contributed by atoms with Gasteiger partial charge in [0.1, 0.15) is 17.3 Å². The van der Waals surface area contributed by atoms with E-state index in [1.807, 2.05) is 20.8 Å². The molecule has 4 aliphatic rings. The number of aliphatic hydroxyl groups excluding tert-OH is 1. The van der Waals surface area contributed by atoms with Gasteiger partial charge in [-0.25, -0.2) is 0 Å². The van der Waals surface area contributed by atoms with E-state index in [0.717, 1.165) is 0 Å². The lowest BCUT2D eigenvalue weighted by Crippen LogP contribution is -2.65. The summed E-state index contributed by atoms with van der Waals surface area (Å²) in [5, 5.41) is 45.7. The third kappa shape index (κ3) is 2.62. The number of rotatable bonds is 4. The van der Waals surface area contributed by atoms with Crippen LogP contribution >= 0.6 is 0 Å². The maximum Gasteiger partial charge on any atom is 0.309 e. The molecular formula is C25H36O7. The van der Waals surface area contributed by atoms with Crippen molar-refractivity contribution in [3.8, 4) is 0 Å². The summed E-state index contributed by atoms with van der Waals surface area (Å²) >= 11 is 0. The van der Waals surface area contributed by atoms with Crippen LogP contribution in [0.3, 0.4) is 0 Å². The molecule has 0 saturated heterocycles. The quantitative estimate of drug-likeness (QED) is 0.380. The van der Waals surface area contributed by atoms with Crippen LogP contribution in [0, 0.1) is 35.0 Å². The summed E-state index contributed by atoms with van der Waals surface area (Å²) in [5.74, 6) is -4.09. The summed E-state index contributed by atoms with van der Waals surface area (Å²) in [5.41, 5.74) is -4.78. The first kappa shape index (κ1) is 23.6. The van der Waals surface area contributed by atoms with E-state index in [9.17, 15) is 30.0 Å². The van der Waals surface area contributed by atoms with Gasteiger partial charge in [-0.15, -0.1) is 0 Å². The molecule has 0 aliphatic heterocycles. The molecule has 1 unspecified atom stereocenters. The number of hydrogen-bond acceptors (Lipinski definition) is 7. The molecule has 4 N–H and O–H groups in total. The zero-order valence-electron chi connectivity index (χ0n) is 19.8. The Morgan fingerprint density at radius 1 is 1.25 bits per heavy atom. The van der Waals surface area contributed by atoms with Gasteiger partial charge in [0.2, 0.25) is 0 Å². The normalized spacial score (nSPS) is 47.3. The second-order valence-corrected chi connectivity index (χ2v) is 11.1. The fourth-order valence-corrected chi connectivity index (χ4v) is 7.01. The summed E-state index contributed by atoms with van der Waals surface area (Å²) in [6.07, 6.45) is 2.85.